The van der Waals surface area contributed by atoms with Gasteiger partial charge in [0.25, 0.3) is 0 Å². The van der Waals surface area contributed by atoms with Crippen molar-refractivity contribution in [2.24, 2.45) is 11.7 Å². The van der Waals surface area contributed by atoms with Crippen molar-refractivity contribution in [3.05, 3.63) is 6.42 Å². The molecule has 0 bridgehead atoms. The number of hydrogen-bond donors (Lipinski definition) is 1. The van der Waals surface area contributed by atoms with Gasteiger partial charge in [-0.3, -0.25) is 0 Å². The Morgan fingerprint density at radius 1 is 1.50 bits per heavy atom. The van der Waals surface area contributed by atoms with Gasteiger partial charge in [0.05, 0.1) is 6.10 Å². The van der Waals surface area contributed by atoms with Gasteiger partial charge in [0, 0.05) is 18.6 Å². The van der Waals surface area contributed by atoms with Gasteiger partial charge in [-0.25, -0.2) is 0 Å². The predicted molar refractivity (Wildman–Crippen MR) is 50.7 cm³/mol. The summed E-state index contributed by atoms with van der Waals surface area (Å²) in [7, 11) is 0. The number of ether oxygens (including phenoxy) is 1. The zero-order chi connectivity index (χ0) is 9.19. The monoisotopic (exact) mass is 170 g/mol. The number of nitrogens with two attached hydrogens (primary N) is 1. The lowest BCUT2D eigenvalue weighted by Gasteiger charge is -2.31. The third-order valence-corrected chi connectivity index (χ3v) is 2.19. The van der Waals surface area contributed by atoms with Gasteiger partial charge in [-0.1, -0.05) is 6.92 Å². The lowest BCUT2D eigenvalue weighted by Crippen LogP contribution is -2.40. The Hall–Kier alpha value is -0.0800. The van der Waals surface area contributed by atoms with E-state index in [9.17, 15) is 0 Å². The zero-order valence-electron chi connectivity index (χ0n) is 8.34. The normalized spacial score (nSPS) is 32.0. The first-order chi connectivity index (χ1) is 5.47. The van der Waals surface area contributed by atoms with E-state index in [1.807, 2.05) is 13.8 Å². The summed E-state index contributed by atoms with van der Waals surface area (Å²) in [5.74, 6) is 0.780. The first-order valence-electron chi connectivity index (χ1n) is 4.74. The highest BCUT2D eigenvalue weighted by Gasteiger charge is 2.24. The molecule has 1 rings (SSSR count). The molecule has 1 radical (unpaired) electrons. The Morgan fingerprint density at radius 2 is 2.17 bits per heavy atom. The second-order valence-electron chi connectivity index (χ2n) is 4.53. The minimum Gasteiger partial charge on any atom is -0.378 e. The Bertz CT molecular complexity index is 139. The largest absolute Gasteiger partial charge is 0.378 e. The van der Waals surface area contributed by atoms with Crippen molar-refractivity contribution < 1.29 is 4.74 Å². The molecule has 1 saturated heterocycles. The molecule has 1 aliphatic heterocycles. The molecule has 0 saturated carbocycles. The van der Waals surface area contributed by atoms with E-state index in [2.05, 4.69) is 13.3 Å². The fourth-order valence-electron chi connectivity index (χ4n) is 1.60. The van der Waals surface area contributed by atoms with Crippen LogP contribution in [0.2, 0.25) is 0 Å². The smallest absolute Gasteiger partial charge is 0.0627 e. The van der Waals surface area contributed by atoms with Crippen molar-refractivity contribution in [2.75, 3.05) is 6.61 Å². The van der Waals surface area contributed by atoms with Gasteiger partial charge in [0.2, 0.25) is 0 Å². The fraction of sp³-hybridized carbons (Fsp3) is 0.900. The third-order valence-electron chi connectivity index (χ3n) is 2.19. The molecule has 0 aliphatic carbocycles. The van der Waals surface area contributed by atoms with E-state index in [0.29, 0.717) is 0 Å². The van der Waals surface area contributed by atoms with Crippen molar-refractivity contribution in [3.8, 4) is 0 Å². The van der Waals surface area contributed by atoms with Crippen molar-refractivity contribution in [3.63, 3.8) is 0 Å². The maximum Gasteiger partial charge on any atom is 0.0627 e. The van der Waals surface area contributed by atoms with E-state index in [0.717, 1.165) is 18.9 Å². The Balaban J connectivity index is 2.32. The van der Waals surface area contributed by atoms with Crippen LogP contribution in [0.4, 0.5) is 0 Å². The molecular formula is C10H20NO. The SMILES string of the molecule is CC1CCOC([CH]C(C)(C)N)C1. The van der Waals surface area contributed by atoms with Crippen LogP contribution >= 0.6 is 0 Å². The molecule has 71 valence electrons. The van der Waals surface area contributed by atoms with Gasteiger partial charge in [-0.2, -0.15) is 0 Å². The minimum atomic E-state index is -0.207. The van der Waals surface area contributed by atoms with Gasteiger partial charge in [-0.05, 0) is 32.6 Å². The Morgan fingerprint density at radius 3 is 2.67 bits per heavy atom. The molecule has 0 aromatic rings. The lowest BCUT2D eigenvalue weighted by atomic mass is 9.90. The molecule has 0 aromatic heterocycles. The number of hydrogen-bond acceptors (Lipinski definition) is 2. The van der Waals surface area contributed by atoms with Gasteiger partial charge in [-0.15, -0.1) is 0 Å². The highest BCUT2D eigenvalue weighted by atomic mass is 16.5. The van der Waals surface area contributed by atoms with Crippen LogP contribution in [-0.2, 0) is 4.74 Å². The Labute approximate surface area is 75.5 Å². The summed E-state index contributed by atoms with van der Waals surface area (Å²) in [6, 6.07) is 0. The predicted octanol–water partition coefficient (Wildman–Crippen LogP) is 1.74. The van der Waals surface area contributed by atoms with E-state index in [1.54, 1.807) is 0 Å². The summed E-state index contributed by atoms with van der Waals surface area (Å²) < 4.78 is 5.59. The summed E-state index contributed by atoms with van der Waals surface area (Å²) in [6.07, 6.45) is 4.70. The van der Waals surface area contributed by atoms with E-state index >= 15 is 0 Å². The van der Waals surface area contributed by atoms with E-state index in [1.165, 1.54) is 6.42 Å². The van der Waals surface area contributed by atoms with Crippen LogP contribution in [-0.4, -0.2) is 18.2 Å². The third kappa shape index (κ3) is 3.55. The van der Waals surface area contributed by atoms with Crippen molar-refractivity contribution in [1.82, 2.24) is 0 Å². The van der Waals surface area contributed by atoms with Gasteiger partial charge < -0.3 is 10.5 Å². The average Bonchev–Trinajstić information content (AvgIpc) is 1.82. The topological polar surface area (TPSA) is 35.2 Å². The average molecular weight is 170 g/mol. The molecule has 2 nitrogen and oxygen atoms in total. The van der Waals surface area contributed by atoms with Crippen LogP contribution in [0.3, 0.4) is 0 Å². The molecule has 0 spiro atoms. The first-order valence-corrected chi connectivity index (χ1v) is 4.74. The molecule has 1 aliphatic rings. The Kier molecular flexibility index (Phi) is 3.13. The van der Waals surface area contributed by atoms with E-state index < -0.39 is 0 Å². The van der Waals surface area contributed by atoms with Gasteiger partial charge in [0.15, 0.2) is 0 Å². The van der Waals surface area contributed by atoms with Crippen LogP contribution in [0.5, 0.6) is 0 Å². The van der Waals surface area contributed by atoms with Crippen LogP contribution in [0.1, 0.15) is 33.6 Å². The van der Waals surface area contributed by atoms with Gasteiger partial charge >= 0.3 is 0 Å². The summed E-state index contributed by atoms with van der Waals surface area (Å²) in [5, 5.41) is 0. The molecule has 2 atom stereocenters. The lowest BCUT2D eigenvalue weighted by molar-refractivity contribution is 0.00857. The molecule has 2 unspecified atom stereocenters. The molecule has 0 amide bonds. The first kappa shape index (κ1) is 10.0. The maximum atomic E-state index is 5.88. The highest BCUT2D eigenvalue weighted by Crippen LogP contribution is 2.23. The summed E-state index contributed by atoms with van der Waals surface area (Å²) in [4.78, 5) is 0. The van der Waals surface area contributed by atoms with E-state index in [-0.39, 0.29) is 11.6 Å². The maximum absolute atomic E-state index is 5.88. The fourth-order valence-corrected chi connectivity index (χ4v) is 1.60. The molecule has 1 heterocycles. The summed E-state index contributed by atoms with van der Waals surface area (Å²) >= 11 is 0. The molecule has 1 fully saturated rings. The minimum absolute atomic E-state index is 0.207. The summed E-state index contributed by atoms with van der Waals surface area (Å²) in [6.45, 7) is 7.18. The second kappa shape index (κ2) is 3.75. The standard InChI is InChI=1S/C10H20NO/c1-8-4-5-12-9(6-8)7-10(2,3)11/h7-9H,4-6,11H2,1-3H3. The van der Waals surface area contributed by atoms with Crippen molar-refractivity contribution in [1.29, 1.82) is 0 Å². The summed E-state index contributed by atoms with van der Waals surface area (Å²) in [5.41, 5.74) is 5.67. The molecular weight excluding hydrogens is 150 g/mol. The molecule has 2 heteroatoms. The zero-order valence-corrected chi connectivity index (χ0v) is 8.34. The van der Waals surface area contributed by atoms with Crippen LogP contribution in [0, 0.1) is 12.3 Å². The van der Waals surface area contributed by atoms with Crippen LogP contribution in [0.15, 0.2) is 0 Å². The quantitative estimate of drug-likeness (QED) is 0.685. The van der Waals surface area contributed by atoms with Crippen molar-refractivity contribution in [2.45, 2.75) is 45.3 Å². The van der Waals surface area contributed by atoms with Crippen molar-refractivity contribution >= 4 is 0 Å². The molecule has 2 N–H and O–H groups in total. The molecule has 0 aromatic carbocycles. The van der Waals surface area contributed by atoms with Crippen LogP contribution in [0.25, 0.3) is 0 Å². The second-order valence-corrected chi connectivity index (χ2v) is 4.53. The van der Waals surface area contributed by atoms with Crippen LogP contribution < -0.4 is 5.73 Å². The van der Waals surface area contributed by atoms with E-state index in [4.69, 9.17) is 10.5 Å². The highest BCUT2D eigenvalue weighted by molar-refractivity contribution is 4.96. The molecule has 12 heavy (non-hydrogen) atoms. The number of rotatable bonds is 2. The van der Waals surface area contributed by atoms with Gasteiger partial charge in [0.1, 0.15) is 0 Å².